The summed E-state index contributed by atoms with van der Waals surface area (Å²) in [5.41, 5.74) is 1.16. The Hall–Kier alpha value is -1.92. The lowest BCUT2D eigenvalue weighted by Crippen LogP contribution is -2.19. The number of carbonyl (C=O) groups is 1. The highest BCUT2D eigenvalue weighted by Gasteiger charge is 2.21. The maximum atomic E-state index is 12.1. The van der Waals surface area contributed by atoms with Crippen molar-refractivity contribution >= 4 is 39.3 Å². The van der Waals surface area contributed by atoms with Crippen LogP contribution in [0.25, 0.3) is 20.7 Å². The molecule has 24 heavy (non-hydrogen) atoms. The molecular weight excluding hydrogens is 340 g/mol. The molecular formula is C18H18N2O2S2. The van der Waals surface area contributed by atoms with Gasteiger partial charge in [-0.15, -0.1) is 11.3 Å². The van der Waals surface area contributed by atoms with Gasteiger partial charge in [0.25, 0.3) is 0 Å². The molecule has 0 saturated carbocycles. The van der Waals surface area contributed by atoms with Crippen LogP contribution in [0.1, 0.15) is 20.3 Å². The van der Waals surface area contributed by atoms with Gasteiger partial charge in [0.05, 0.1) is 6.61 Å². The van der Waals surface area contributed by atoms with E-state index in [9.17, 15) is 4.79 Å². The predicted molar refractivity (Wildman–Crippen MR) is 99.4 cm³/mol. The second kappa shape index (κ2) is 7.77. The summed E-state index contributed by atoms with van der Waals surface area (Å²) in [7, 11) is 0. The Morgan fingerprint density at radius 3 is 2.75 bits per heavy atom. The molecule has 0 aliphatic rings. The number of hydrogen-bond donors (Lipinski definition) is 0. The zero-order valence-corrected chi connectivity index (χ0v) is 15.2. The monoisotopic (exact) mass is 358 g/mol. The van der Waals surface area contributed by atoms with Crippen molar-refractivity contribution in [2.45, 2.75) is 30.5 Å². The second-order valence-corrected chi connectivity index (χ2v) is 7.36. The van der Waals surface area contributed by atoms with Gasteiger partial charge >= 0.3 is 5.97 Å². The van der Waals surface area contributed by atoms with Gasteiger partial charge in [0.2, 0.25) is 0 Å². The van der Waals surface area contributed by atoms with E-state index in [2.05, 4.69) is 28.2 Å². The highest BCUT2D eigenvalue weighted by Crippen LogP contribution is 2.37. The molecule has 2 aromatic heterocycles. The molecule has 0 fully saturated rings. The van der Waals surface area contributed by atoms with Crippen LogP contribution in [0.3, 0.4) is 0 Å². The summed E-state index contributed by atoms with van der Waals surface area (Å²) in [4.78, 5) is 22.9. The number of esters is 1. The van der Waals surface area contributed by atoms with Gasteiger partial charge in [-0.25, -0.2) is 9.97 Å². The number of thiophene rings is 1. The van der Waals surface area contributed by atoms with Crippen LogP contribution in [-0.4, -0.2) is 27.8 Å². The first-order chi connectivity index (χ1) is 11.7. The Morgan fingerprint density at radius 2 is 2.04 bits per heavy atom. The summed E-state index contributed by atoms with van der Waals surface area (Å²) < 4.78 is 5.15. The molecule has 0 saturated heterocycles. The first-order valence-electron chi connectivity index (χ1n) is 7.86. The van der Waals surface area contributed by atoms with Crippen LogP contribution in [0.5, 0.6) is 0 Å². The lowest BCUT2D eigenvalue weighted by atomic mass is 10.2. The molecule has 0 aliphatic heterocycles. The lowest BCUT2D eigenvalue weighted by Gasteiger charge is -2.12. The van der Waals surface area contributed by atoms with Crippen molar-refractivity contribution in [3.8, 4) is 10.4 Å². The molecule has 0 bridgehead atoms. The minimum Gasteiger partial charge on any atom is -0.465 e. The fraction of sp³-hybridized carbons (Fsp3) is 0.278. The molecule has 124 valence electrons. The number of ether oxygens (including phenoxy) is 1. The zero-order valence-electron chi connectivity index (χ0n) is 13.6. The van der Waals surface area contributed by atoms with Crippen molar-refractivity contribution < 1.29 is 9.53 Å². The van der Waals surface area contributed by atoms with Crippen LogP contribution >= 0.6 is 23.1 Å². The van der Waals surface area contributed by atoms with Crippen LogP contribution in [0.15, 0.2) is 47.8 Å². The average Bonchev–Trinajstić information content (AvgIpc) is 3.05. The molecule has 0 amide bonds. The highest BCUT2D eigenvalue weighted by atomic mass is 32.2. The van der Waals surface area contributed by atoms with Gasteiger partial charge in [0, 0.05) is 10.3 Å². The van der Waals surface area contributed by atoms with E-state index in [1.165, 1.54) is 11.8 Å². The van der Waals surface area contributed by atoms with E-state index in [0.29, 0.717) is 13.0 Å². The fourth-order valence-electron chi connectivity index (χ4n) is 2.34. The summed E-state index contributed by atoms with van der Waals surface area (Å²) >= 11 is 3.09. The number of benzene rings is 1. The molecule has 1 aromatic carbocycles. The van der Waals surface area contributed by atoms with Gasteiger partial charge < -0.3 is 4.74 Å². The first kappa shape index (κ1) is 16.9. The number of nitrogens with zero attached hydrogens (tertiary/aromatic N) is 2. The largest absolute Gasteiger partial charge is 0.465 e. The molecule has 0 N–H and O–H groups in total. The smallest absolute Gasteiger partial charge is 0.319 e. The molecule has 2 heterocycles. The summed E-state index contributed by atoms with van der Waals surface area (Å²) in [6.07, 6.45) is 2.26. The fourth-order valence-corrected chi connectivity index (χ4v) is 4.40. The van der Waals surface area contributed by atoms with Crippen LogP contribution in [-0.2, 0) is 9.53 Å². The normalized spacial score (nSPS) is 12.2. The number of carbonyl (C=O) groups excluding carboxylic acids is 1. The van der Waals surface area contributed by atoms with E-state index in [1.54, 1.807) is 17.7 Å². The van der Waals surface area contributed by atoms with Gasteiger partial charge in [0.1, 0.15) is 21.4 Å². The standard InChI is InChI=1S/C18H18N2O2S2/c1-3-14(18(21)22-4-2)23-16-13-10-15(12-8-6-5-7-9-12)24-17(13)20-11-19-16/h5-11,14H,3-4H2,1-2H3. The maximum absolute atomic E-state index is 12.1. The topological polar surface area (TPSA) is 52.1 Å². The summed E-state index contributed by atoms with van der Waals surface area (Å²) in [6.45, 7) is 4.20. The van der Waals surface area contributed by atoms with Crippen molar-refractivity contribution in [1.29, 1.82) is 0 Å². The van der Waals surface area contributed by atoms with Gasteiger partial charge in [-0.2, -0.15) is 0 Å². The number of aromatic nitrogens is 2. The Morgan fingerprint density at radius 1 is 1.25 bits per heavy atom. The number of thioether (sulfide) groups is 1. The summed E-state index contributed by atoms with van der Waals surface area (Å²) in [5, 5.41) is 1.58. The van der Waals surface area contributed by atoms with Gasteiger partial charge in [-0.3, -0.25) is 4.79 Å². The predicted octanol–water partition coefficient (Wildman–Crippen LogP) is 4.79. The van der Waals surface area contributed by atoms with Crippen LogP contribution in [0.2, 0.25) is 0 Å². The molecule has 1 unspecified atom stereocenters. The minimum absolute atomic E-state index is 0.185. The maximum Gasteiger partial charge on any atom is 0.319 e. The van der Waals surface area contributed by atoms with Gasteiger partial charge in [-0.1, -0.05) is 49.0 Å². The van der Waals surface area contributed by atoms with E-state index in [0.717, 1.165) is 25.7 Å². The number of rotatable bonds is 6. The van der Waals surface area contributed by atoms with Crippen molar-refractivity contribution in [3.05, 3.63) is 42.7 Å². The minimum atomic E-state index is -0.247. The molecule has 0 spiro atoms. The third-order valence-corrected chi connectivity index (χ3v) is 5.98. The van der Waals surface area contributed by atoms with E-state index >= 15 is 0 Å². The van der Waals surface area contributed by atoms with Crippen molar-refractivity contribution in [2.75, 3.05) is 6.61 Å². The first-order valence-corrected chi connectivity index (χ1v) is 9.55. The second-order valence-electron chi connectivity index (χ2n) is 5.14. The molecule has 0 aliphatic carbocycles. The van der Waals surface area contributed by atoms with Crippen LogP contribution in [0, 0.1) is 0 Å². The van der Waals surface area contributed by atoms with E-state index in [1.807, 2.05) is 32.0 Å². The SMILES string of the molecule is CCOC(=O)C(CC)Sc1ncnc2sc(-c3ccccc3)cc12. The summed E-state index contributed by atoms with van der Waals surface area (Å²) in [5.74, 6) is -0.185. The molecule has 3 aromatic rings. The summed E-state index contributed by atoms with van der Waals surface area (Å²) in [6, 6.07) is 12.3. The molecule has 1 atom stereocenters. The highest BCUT2D eigenvalue weighted by molar-refractivity contribution is 8.00. The van der Waals surface area contributed by atoms with E-state index in [-0.39, 0.29) is 11.2 Å². The Bertz CT molecular complexity index is 833. The molecule has 4 nitrogen and oxygen atoms in total. The lowest BCUT2D eigenvalue weighted by molar-refractivity contribution is -0.142. The van der Waals surface area contributed by atoms with Gasteiger partial charge in [0.15, 0.2) is 0 Å². The molecule has 3 rings (SSSR count). The third kappa shape index (κ3) is 3.60. The Labute approximate surface area is 149 Å². The van der Waals surface area contributed by atoms with Crippen LogP contribution in [0.4, 0.5) is 0 Å². The van der Waals surface area contributed by atoms with Gasteiger partial charge in [-0.05, 0) is 25.0 Å². The Kier molecular flexibility index (Phi) is 5.48. The van der Waals surface area contributed by atoms with Crippen molar-refractivity contribution in [2.24, 2.45) is 0 Å². The average molecular weight is 358 g/mol. The quantitative estimate of drug-likeness (QED) is 0.360. The molecule has 6 heteroatoms. The van der Waals surface area contributed by atoms with Crippen LogP contribution < -0.4 is 0 Å². The molecule has 0 radical (unpaired) electrons. The third-order valence-electron chi connectivity index (χ3n) is 3.53. The van der Waals surface area contributed by atoms with Crippen molar-refractivity contribution in [1.82, 2.24) is 9.97 Å². The Balaban J connectivity index is 1.94. The van der Waals surface area contributed by atoms with E-state index < -0.39 is 0 Å². The zero-order chi connectivity index (χ0) is 16.9. The van der Waals surface area contributed by atoms with Crippen molar-refractivity contribution in [3.63, 3.8) is 0 Å². The number of fused-ring (bicyclic) bond motifs is 1. The number of hydrogen-bond acceptors (Lipinski definition) is 6. The van der Waals surface area contributed by atoms with E-state index in [4.69, 9.17) is 4.74 Å².